The van der Waals surface area contributed by atoms with Crippen molar-refractivity contribution in [1.82, 2.24) is 5.32 Å². The molecule has 14 heavy (non-hydrogen) atoms. The van der Waals surface area contributed by atoms with E-state index in [1.54, 1.807) is 0 Å². The van der Waals surface area contributed by atoms with Crippen LogP contribution in [-0.2, 0) is 4.79 Å². The van der Waals surface area contributed by atoms with Crippen molar-refractivity contribution >= 4 is 12.1 Å². The normalized spacial score (nSPS) is 15.1. The van der Waals surface area contributed by atoms with E-state index < -0.39 is 0 Å². The number of nitrogens with two attached hydrogens (primary N) is 1. The monoisotopic (exact) mass is 195 g/mol. The third-order valence-electron chi connectivity index (χ3n) is 2.10. The highest BCUT2D eigenvalue weighted by atomic mass is 16.1. The van der Waals surface area contributed by atoms with Gasteiger partial charge in [-0.1, -0.05) is 0 Å². The predicted molar refractivity (Wildman–Crippen MR) is 57.1 cm³/mol. The maximum atomic E-state index is 11.0. The van der Waals surface area contributed by atoms with Crippen LogP contribution in [0.25, 0.3) is 0 Å². The molecule has 1 rings (SSSR count). The average Bonchev–Trinajstić information content (AvgIpc) is 2.20. The van der Waals surface area contributed by atoms with Gasteiger partial charge in [-0.2, -0.15) is 0 Å². The summed E-state index contributed by atoms with van der Waals surface area (Å²) in [5.74, 6) is 0.0346. The van der Waals surface area contributed by atoms with Gasteiger partial charge in [0, 0.05) is 31.9 Å². The Labute approximate surface area is 84.3 Å². The van der Waals surface area contributed by atoms with Crippen molar-refractivity contribution in [3.8, 4) is 0 Å². The molecule has 4 nitrogen and oxygen atoms in total. The molecule has 0 saturated heterocycles. The standard InChI is InChI=1S/C10H17N3O/c11-5-3-10(14)13-7-4-9-2-1-6-12-8-9/h6,8H,1-5,7,11H2,(H,13,14). The maximum Gasteiger partial charge on any atom is 0.221 e. The Morgan fingerprint density at radius 2 is 2.50 bits per heavy atom. The number of hydrogen-bond donors (Lipinski definition) is 2. The summed E-state index contributed by atoms with van der Waals surface area (Å²) in [6.07, 6.45) is 7.19. The highest BCUT2D eigenvalue weighted by Gasteiger charge is 2.02. The fourth-order valence-corrected chi connectivity index (χ4v) is 1.32. The van der Waals surface area contributed by atoms with Gasteiger partial charge in [-0.25, -0.2) is 0 Å². The Bertz CT molecular complexity index is 246. The molecule has 0 spiro atoms. The van der Waals surface area contributed by atoms with Crippen LogP contribution in [0.3, 0.4) is 0 Å². The van der Waals surface area contributed by atoms with Crippen LogP contribution in [0, 0.1) is 0 Å². The summed E-state index contributed by atoms with van der Waals surface area (Å²) in [6, 6.07) is 0. The summed E-state index contributed by atoms with van der Waals surface area (Å²) in [5.41, 5.74) is 6.56. The van der Waals surface area contributed by atoms with Gasteiger partial charge in [0.25, 0.3) is 0 Å². The molecule has 0 atom stereocenters. The van der Waals surface area contributed by atoms with Crippen LogP contribution < -0.4 is 11.1 Å². The lowest BCUT2D eigenvalue weighted by Gasteiger charge is -2.08. The van der Waals surface area contributed by atoms with Crippen LogP contribution in [0.15, 0.2) is 16.8 Å². The molecule has 1 heterocycles. The Balaban J connectivity index is 2.11. The van der Waals surface area contributed by atoms with E-state index in [0.717, 1.165) is 19.3 Å². The smallest absolute Gasteiger partial charge is 0.221 e. The van der Waals surface area contributed by atoms with Crippen LogP contribution in [-0.4, -0.2) is 25.2 Å². The zero-order valence-electron chi connectivity index (χ0n) is 8.33. The van der Waals surface area contributed by atoms with Crippen molar-refractivity contribution in [2.24, 2.45) is 10.7 Å². The van der Waals surface area contributed by atoms with Crippen molar-refractivity contribution in [2.75, 3.05) is 13.1 Å². The molecule has 0 aromatic carbocycles. The van der Waals surface area contributed by atoms with E-state index in [0.29, 0.717) is 19.5 Å². The van der Waals surface area contributed by atoms with Gasteiger partial charge < -0.3 is 11.1 Å². The topological polar surface area (TPSA) is 67.5 Å². The first kappa shape index (κ1) is 10.9. The number of amides is 1. The summed E-state index contributed by atoms with van der Waals surface area (Å²) in [4.78, 5) is 15.1. The van der Waals surface area contributed by atoms with Crippen molar-refractivity contribution < 1.29 is 4.79 Å². The van der Waals surface area contributed by atoms with Gasteiger partial charge in [0.2, 0.25) is 5.91 Å². The molecule has 0 aromatic rings. The summed E-state index contributed by atoms with van der Waals surface area (Å²) >= 11 is 0. The highest BCUT2D eigenvalue weighted by Crippen LogP contribution is 2.11. The van der Waals surface area contributed by atoms with E-state index in [9.17, 15) is 4.79 Å². The van der Waals surface area contributed by atoms with E-state index in [-0.39, 0.29) is 5.91 Å². The minimum atomic E-state index is 0.0346. The molecule has 0 unspecified atom stereocenters. The molecule has 0 bridgehead atoms. The second-order valence-electron chi connectivity index (χ2n) is 3.30. The minimum Gasteiger partial charge on any atom is -0.356 e. The van der Waals surface area contributed by atoms with Crippen molar-refractivity contribution in [2.45, 2.75) is 25.7 Å². The first-order valence-corrected chi connectivity index (χ1v) is 4.99. The van der Waals surface area contributed by atoms with Crippen molar-refractivity contribution in [3.63, 3.8) is 0 Å². The summed E-state index contributed by atoms with van der Waals surface area (Å²) < 4.78 is 0. The van der Waals surface area contributed by atoms with Crippen LogP contribution in [0.4, 0.5) is 0 Å². The number of aliphatic imine (C=N–C) groups is 1. The fraction of sp³-hybridized carbons (Fsp3) is 0.600. The number of nitrogens with zero attached hydrogens (tertiary/aromatic N) is 1. The van der Waals surface area contributed by atoms with Gasteiger partial charge in [0.1, 0.15) is 0 Å². The van der Waals surface area contributed by atoms with Gasteiger partial charge in [0.15, 0.2) is 0 Å². The van der Waals surface area contributed by atoms with Gasteiger partial charge in [-0.05, 0) is 24.8 Å². The molecule has 4 heteroatoms. The minimum absolute atomic E-state index is 0.0346. The Kier molecular flexibility index (Phi) is 4.93. The molecule has 0 radical (unpaired) electrons. The van der Waals surface area contributed by atoms with Crippen LogP contribution >= 0.6 is 0 Å². The first-order valence-electron chi connectivity index (χ1n) is 4.99. The number of nitrogens with one attached hydrogen (secondary N) is 1. The van der Waals surface area contributed by atoms with Crippen LogP contribution in [0.1, 0.15) is 25.7 Å². The lowest BCUT2D eigenvalue weighted by molar-refractivity contribution is -0.120. The number of carbonyl (C=O) groups excluding carboxylic acids is 1. The number of rotatable bonds is 5. The summed E-state index contributed by atoms with van der Waals surface area (Å²) in [5, 5.41) is 2.82. The Morgan fingerprint density at radius 3 is 3.14 bits per heavy atom. The lowest BCUT2D eigenvalue weighted by Crippen LogP contribution is -2.26. The third-order valence-corrected chi connectivity index (χ3v) is 2.10. The molecular formula is C10H17N3O. The van der Waals surface area contributed by atoms with Gasteiger partial charge in [-0.15, -0.1) is 0 Å². The van der Waals surface area contributed by atoms with Gasteiger partial charge in [-0.3, -0.25) is 9.79 Å². The molecule has 0 saturated carbocycles. The molecule has 0 fully saturated rings. The third kappa shape index (κ3) is 4.18. The average molecular weight is 195 g/mol. The van der Waals surface area contributed by atoms with E-state index >= 15 is 0 Å². The number of hydrogen-bond acceptors (Lipinski definition) is 3. The van der Waals surface area contributed by atoms with Gasteiger partial charge >= 0.3 is 0 Å². The second kappa shape index (κ2) is 6.32. The SMILES string of the molecule is NCCC(=O)NCCC1=CN=CCC1. The van der Waals surface area contributed by atoms with E-state index in [1.807, 2.05) is 12.4 Å². The molecule has 1 amide bonds. The highest BCUT2D eigenvalue weighted by molar-refractivity contribution is 5.76. The lowest BCUT2D eigenvalue weighted by atomic mass is 10.1. The van der Waals surface area contributed by atoms with E-state index in [4.69, 9.17) is 5.73 Å². The molecule has 0 aliphatic carbocycles. The summed E-state index contributed by atoms with van der Waals surface area (Å²) in [7, 11) is 0. The Morgan fingerprint density at radius 1 is 1.64 bits per heavy atom. The van der Waals surface area contributed by atoms with Gasteiger partial charge in [0.05, 0.1) is 0 Å². The zero-order chi connectivity index (χ0) is 10.2. The van der Waals surface area contributed by atoms with E-state index in [2.05, 4.69) is 10.3 Å². The largest absolute Gasteiger partial charge is 0.356 e. The van der Waals surface area contributed by atoms with Crippen LogP contribution in [0.5, 0.6) is 0 Å². The first-order chi connectivity index (χ1) is 6.83. The second-order valence-corrected chi connectivity index (χ2v) is 3.30. The molecule has 78 valence electrons. The fourth-order valence-electron chi connectivity index (χ4n) is 1.32. The molecule has 3 N–H and O–H groups in total. The predicted octanol–water partition coefficient (Wildman–Crippen LogP) is 0.590. The molecular weight excluding hydrogens is 178 g/mol. The molecule has 1 aliphatic rings. The van der Waals surface area contributed by atoms with E-state index in [1.165, 1.54) is 5.57 Å². The van der Waals surface area contributed by atoms with Crippen molar-refractivity contribution in [3.05, 3.63) is 11.8 Å². The molecule has 1 aliphatic heterocycles. The number of carbonyl (C=O) groups is 1. The zero-order valence-corrected chi connectivity index (χ0v) is 8.33. The van der Waals surface area contributed by atoms with Crippen LogP contribution in [0.2, 0.25) is 0 Å². The summed E-state index contributed by atoms with van der Waals surface area (Å²) in [6.45, 7) is 1.11. The molecule has 0 aromatic heterocycles. The van der Waals surface area contributed by atoms with Crippen molar-refractivity contribution in [1.29, 1.82) is 0 Å². The maximum absolute atomic E-state index is 11.0. The Hall–Kier alpha value is -1.16. The quantitative estimate of drug-likeness (QED) is 0.674.